The number of benzene rings is 2. The molecule has 5 rings (SSSR count). The zero-order valence-corrected chi connectivity index (χ0v) is 20.4. The quantitative estimate of drug-likeness (QED) is 0.601. The number of fused-ring (bicyclic) bond motifs is 2. The van der Waals surface area contributed by atoms with E-state index >= 15 is 0 Å². The van der Waals surface area contributed by atoms with E-state index < -0.39 is 20.3 Å². The van der Waals surface area contributed by atoms with E-state index in [1.807, 2.05) is 0 Å². The van der Waals surface area contributed by atoms with E-state index in [4.69, 9.17) is 0 Å². The first-order valence-corrected chi connectivity index (χ1v) is 15.9. The normalized spacial score (nSPS) is 21.5. The first-order chi connectivity index (χ1) is 12.0. The maximum atomic E-state index is 2.60. The SMILES string of the molecule is Cc1ccc(C)c2c1C=C[C@H]2[Zr+2]1([C@H]2C=Cc3c(C)ccc(C)c32)[CH2][CH2]1.[Cl-].[Cl-]. The molecule has 1 saturated heterocycles. The standard InChI is InChI=1S/2C11H11.C2H4.2ClH.Zr/c2*1-8-6-7-9(2)11-5-3-4-10(8)11;1-2;;;/h2*3-7H,1-2H3;1-2H2;2*1H;/q;;;;;+2/p-2. The zero-order valence-electron chi connectivity index (χ0n) is 16.4. The van der Waals surface area contributed by atoms with Crippen LogP contribution in [0.5, 0.6) is 0 Å². The summed E-state index contributed by atoms with van der Waals surface area (Å²) in [5, 5.41) is 0. The summed E-state index contributed by atoms with van der Waals surface area (Å²) in [5.41, 5.74) is 12.4. The van der Waals surface area contributed by atoms with Crippen LogP contribution in [0, 0.1) is 27.7 Å². The van der Waals surface area contributed by atoms with Crippen molar-refractivity contribution in [1.29, 1.82) is 0 Å². The van der Waals surface area contributed by atoms with Gasteiger partial charge in [-0.1, -0.05) is 0 Å². The molecule has 1 fully saturated rings. The summed E-state index contributed by atoms with van der Waals surface area (Å²) in [6.07, 6.45) is 10.1. The van der Waals surface area contributed by atoms with E-state index in [0.717, 1.165) is 7.25 Å². The van der Waals surface area contributed by atoms with Crippen molar-refractivity contribution in [2.75, 3.05) is 0 Å². The number of hydrogen-bond donors (Lipinski definition) is 0. The Labute approximate surface area is 180 Å². The van der Waals surface area contributed by atoms with E-state index in [1.165, 1.54) is 33.4 Å². The fraction of sp³-hybridized carbons (Fsp3) is 0.333. The first kappa shape index (κ1) is 21.1. The fourth-order valence-corrected chi connectivity index (χ4v) is 21.5. The monoisotopic (exact) mass is 474 g/mol. The van der Waals surface area contributed by atoms with Crippen molar-refractivity contribution in [3.8, 4) is 0 Å². The fourth-order valence-electron chi connectivity index (χ4n) is 5.47. The topological polar surface area (TPSA) is 0 Å². The van der Waals surface area contributed by atoms with Gasteiger partial charge in [0.2, 0.25) is 0 Å². The second kappa shape index (κ2) is 7.33. The number of halogens is 2. The molecule has 2 aliphatic carbocycles. The summed E-state index contributed by atoms with van der Waals surface area (Å²) in [5.74, 6) is 0. The van der Waals surface area contributed by atoms with Crippen LogP contribution in [-0.2, 0) is 20.3 Å². The van der Waals surface area contributed by atoms with Crippen LogP contribution in [-0.4, -0.2) is 0 Å². The Hall–Kier alpha value is -0.617. The van der Waals surface area contributed by atoms with E-state index in [-0.39, 0.29) is 24.8 Å². The van der Waals surface area contributed by atoms with Gasteiger partial charge in [-0.05, 0) is 0 Å². The van der Waals surface area contributed by atoms with E-state index in [9.17, 15) is 0 Å². The molecule has 0 amide bonds. The smallest absolute Gasteiger partial charge is 1.00 e. The Morgan fingerprint density at radius 2 is 1.00 bits per heavy atom. The van der Waals surface area contributed by atoms with Gasteiger partial charge in [-0.15, -0.1) is 0 Å². The van der Waals surface area contributed by atoms with Crippen molar-refractivity contribution in [3.05, 3.63) is 80.9 Å². The number of aryl methyl sites for hydroxylation is 4. The molecule has 1 heterocycles. The third-order valence-electron chi connectivity index (χ3n) is 7.05. The van der Waals surface area contributed by atoms with Crippen molar-refractivity contribution in [2.45, 2.75) is 43.2 Å². The molecule has 140 valence electrons. The molecule has 0 saturated carbocycles. The van der Waals surface area contributed by atoms with Crippen molar-refractivity contribution in [1.82, 2.24) is 0 Å². The van der Waals surface area contributed by atoms with Gasteiger partial charge in [0, 0.05) is 0 Å². The van der Waals surface area contributed by atoms with Gasteiger partial charge in [0.15, 0.2) is 0 Å². The van der Waals surface area contributed by atoms with E-state index in [0.29, 0.717) is 0 Å². The molecule has 3 heteroatoms. The van der Waals surface area contributed by atoms with Gasteiger partial charge in [-0.25, -0.2) is 0 Å². The van der Waals surface area contributed by atoms with Gasteiger partial charge in [0.1, 0.15) is 0 Å². The Balaban J connectivity index is 0.00000105. The summed E-state index contributed by atoms with van der Waals surface area (Å²) >= 11 is -2.27. The van der Waals surface area contributed by atoms with Gasteiger partial charge in [-0.3, -0.25) is 0 Å². The molecule has 0 N–H and O–H groups in total. The summed E-state index contributed by atoms with van der Waals surface area (Å²) in [4.78, 5) is 0. The van der Waals surface area contributed by atoms with Crippen LogP contribution >= 0.6 is 0 Å². The molecule has 0 bridgehead atoms. The van der Waals surface area contributed by atoms with Crippen LogP contribution in [0.25, 0.3) is 12.2 Å². The zero-order chi connectivity index (χ0) is 17.3. The van der Waals surface area contributed by atoms with Crippen molar-refractivity contribution in [3.63, 3.8) is 0 Å². The summed E-state index contributed by atoms with van der Waals surface area (Å²) in [7, 11) is 0. The van der Waals surface area contributed by atoms with Crippen LogP contribution < -0.4 is 24.8 Å². The van der Waals surface area contributed by atoms with Gasteiger partial charge in [0.25, 0.3) is 0 Å². The largest absolute Gasteiger partial charge is 1.00 e. The van der Waals surface area contributed by atoms with Crippen LogP contribution in [0.2, 0.25) is 8.26 Å². The van der Waals surface area contributed by atoms with Crippen LogP contribution in [0.1, 0.15) is 51.8 Å². The van der Waals surface area contributed by atoms with Crippen LogP contribution in [0.4, 0.5) is 0 Å². The number of allylic oxidation sites excluding steroid dienone is 2. The second-order valence-electron chi connectivity index (χ2n) is 8.46. The average molecular weight is 477 g/mol. The minimum Gasteiger partial charge on any atom is -1.00 e. The van der Waals surface area contributed by atoms with Gasteiger partial charge < -0.3 is 24.8 Å². The summed E-state index contributed by atoms with van der Waals surface area (Å²) < 4.78 is 4.67. The molecule has 0 unspecified atom stereocenters. The second-order valence-corrected chi connectivity index (χ2v) is 20.0. The maximum absolute atomic E-state index is 2.60. The predicted molar refractivity (Wildman–Crippen MR) is 105 cm³/mol. The van der Waals surface area contributed by atoms with E-state index in [2.05, 4.69) is 76.3 Å². The molecule has 0 nitrogen and oxygen atoms in total. The third kappa shape index (κ3) is 2.97. The number of rotatable bonds is 2. The molecule has 1 aliphatic heterocycles. The molecule has 2 atom stereocenters. The molecule has 2 aromatic rings. The first-order valence-electron chi connectivity index (χ1n) is 9.59. The van der Waals surface area contributed by atoms with Crippen molar-refractivity contribution >= 4 is 12.2 Å². The third-order valence-corrected chi connectivity index (χ3v) is 19.6. The van der Waals surface area contributed by atoms with Gasteiger partial charge in [0.05, 0.1) is 0 Å². The number of hydrogen-bond acceptors (Lipinski definition) is 0. The summed E-state index contributed by atoms with van der Waals surface area (Å²) in [6, 6.07) is 9.30. The maximum Gasteiger partial charge on any atom is -1.00 e. The molecule has 0 spiro atoms. The molecule has 2 aromatic carbocycles. The predicted octanol–water partition coefficient (Wildman–Crippen LogP) is 0.768. The minimum absolute atomic E-state index is 0. The van der Waals surface area contributed by atoms with Crippen LogP contribution in [0.3, 0.4) is 0 Å². The Bertz CT molecular complexity index is 891. The minimum atomic E-state index is -2.27. The summed E-state index contributed by atoms with van der Waals surface area (Å²) in [6.45, 7) is 9.21. The van der Waals surface area contributed by atoms with E-state index in [1.54, 1.807) is 19.4 Å². The Morgan fingerprint density at radius 1 is 0.630 bits per heavy atom. The Morgan fingerprint density at radius 3 is 1.37 bits per heavy atom. The van der Waals surface area contributed by atoms with Crippen LogP contribution in [0.15, 0.2) is 36.4 Å². The molecule has 0 aromatic heterocycles. The average Bonchev–Trinajstić information content (AvgIpc) is 3.07. The van der Waals surface area contributed by atoms with Gasteiger partial charge >= 0.3 is 157 Å². The van der Waals surface area contributed by atoms with Crippen molar-refractivity contribution in [2.24, 2.45) is 0 Å². The van der Waals surface area contributed by atoms with Gasteiger partial charge in [-0.2, -0.15) is 0 Å². The molecule has 0 radical (unpaired) electrons. The molecular formula is C24H26Cl2Zr. The Kier molecular flexibility index (Phi) is 5.73. The molecule has 27 heavy (non-hydrogen) atoms. The molecular weight excluding hydrogens is 450 g/mol. The van der Waals surface area contributed by atoms with Crippen molar-refractivity contribution < 1.29 is 45.1 Å². The molecule has 3 aliphatic rings.